The molecule has 0 aromatic rings. The van der Waals surface area contributed by atoms with Crippen LogP contribution in [0, 0.1) is 5.92 Å². The van der Waals surface area contributed by atoms with Crippen LogP contribution in [0.5, 0.6) is 0 Å². The monoisotopic (exact) mass is 253 g/mol. The molecule has 104 valence electrons. The number of nitrogens with two attached hydrogens (primary N) is 2. The van der Waals surface area contributed by atoms with E-state index in [1.54, 1.807) is 0 Å². The van der Waals surface area contributed by atoms with E-state index < -0.39 is 5.54 Å². The lowest BCUT2D eigenvalue weighted by Gasteiger charge is -2.30. The second kappa shape index (κ2) is 6.02. The molecule has 4 N–H and O–H groups in total. The van der Waals surface area contributed by atoms with E-state index in [1.807, 2.05) is 0 Å². The van der Waals surface area contributed by atoms with Gasteiger partial charge in [-0.2, -0.15) is 0 Å². The maximum atomic E-state index is 11.5. The largest absolute Gasteiger partial charge is 0.368 e. The first kappa shape index (κ1) is 13.8. The number of amides is 1. The van der Waals surface area contributed by atoms with Crippen LogP contribution in [0.15, 0.2) is 0 Å². The standard InChI is InChI=1S/C14H27N3O/c15-13(18)14(16)8-5-6-12(14)7-11-17-9-3-1-2-4-10-17/h12H,1-11,16H2,(H2,15,18). The number of nitrogens with zero attached hydrogens (tertiary/aromatic N) is 1. The molecule has 4 nitrogen and oxygen atoms in total. The number of hydrogen-bond donors (Lipinski definition) is 2. The Bertz CT molecular complexity index is 287. The fraction of sp³-hybridized carbons (Fsp3) is 0.929. The molecule has 4 heteroatoms. The molecular formula is C14H27N3O. The highest BCUT2D eigenvalue weighted by Gasteiger charge is 2.43. The van der Waals surface area contributed by atoms with E-state index in [1.165, 1.54) is 38.8 Å². The lowest BCUT2D eigenvalue weighted by atomic mass is 9.85. The molecule has 1 aliphatic carbocycles. The second-order valence-corrected chi connectivity index (χ2v) is 6.04. The summed E-state index contributed by atoms with van der Waals surface area (Å²) in [7, 11) is 0. The van der Waals surface area contributed by atoms with E-state index in [0.29, 0.717) is 5.92 Å². The van der Waals surface area contributed by atoms with Gasteiger partial charge in [0.2, 0.25) is 5.91 Å². The summed E-state index contributed by atoms with van der Waals surface area (Å²) in [5.74, 6) is -0.0147. The van der Waals surface area contributed by atoms with Gasteiger partial charge < -0.3 is 16.4 Å². The highest BCUT2D eigenvalue weighted by molar-refractivity contribution is 5.85. The van der Waals surface area contributed by atoms with E-state index in [4.69, 9.17) is 11.5 Å². The predicted octanol–water partition coefficient (Wildman–Crippen LogP) is 1.24. The molecular weight excluding hydrogens is 226 g/mol. The number of hydrogen-bond acceptors (Lipinski definition) is 3. The molecule has 2 aliphatic rings. The molecule has 0 bridgehead atoms. The molecule has 18 heavy (non-hydrogen) atoms. The van der Waals surface area contributed by atoms with Crippen molar-refractivity contribution in [3.8, 4) is 0 Å². The number of likely N-dealkylation sites (tertiary alicyclic amines) is 1. The molecule has 2 rings (SSSR count). The van der Waals surface area contributed by atoms with E-state index in [0.717, 1.165) is 32.2 Å². The van der Waals surface area contributed by atoms with Crippen molar-refractivity contribution in [1.82, 2.24) is 4.90 Å². The molecule has 1 saturated heterocycles. The minimum atomic E-state index is -0.730. The van der Waals surface area contributed by atoms with E-state index >= 15 is 0 Å². The zero-order valence-electron chi connectivity index (χ0n) is 11.4. The van der Waals surface area contributed by atoms with Crippen molar-refractivity contribution >= 4 is 5.91 Å². The highest BCUT2D eigenvalue weighted by atomic mass is 16.1. The lowest BCUT2D eigenvalue weighted by molar-refractivity contribution is -0.124. The second-order valence-electron chi connectivity index (χ2n) is 6.04. The molecule has 1 aliphatic heterocycles. The van der Waals surface area contributed by atoms with Crippen molar-refractivity contribution in [2.75, 3.05) is 19.6 Å². The van der Waals surface area contributed by atoms with Gasteiger partial charge in [-0.3, -0.25) is 4.79 Å². The van der Waals surface area contributed by atoms with E-state index in [-0.39, 0.29) is 5.91 Å². The molecule has 1 amide bonds. The average Bonchev–Trinajstić information content (AvgIpc) is 2.57. The Morgan fingerprint density at radius 1 is 1.17 bits per heavy atom. The predicted molar refractivity (Wildman–Crippen MR) is 73.0 cm³/mol. The van der Waals surface area contributed by atoms with Crippen molar-refractivity contribution in [2.24, 2.45) is 17.4 Å². The Balaban J connectivity index is 1.83. The Hall–Kier alpha value is -0.610. The van der Waals surface area contributed by atoms with Crippen LogP contribution >= 0.6 is 0 Å². The highest BCUT2D eigenvalue weighted by Crippen LogP contribution is 2.36. The lowest BCUT2D eigenvalue weighted by Crippen LogP contribution is -2.55. The smallest absolute Gasteiger partial charge is 0.237 e. The SMILES string of the molecule is NC(=O)C1(N)CCCC1CCN1CCCCCC1. The first-order valence-corrected chi connectivity index (χ1v) is 7.44. The minimum Gasteiger partial charge on any atom is -0.368 e. The van der Waals surface area contributed by atoms with Gasteiger partial charge in [-0.05, 0) is 57.7 Å². The van der Waals surface area contributed by atoms with Crippen LogP contribution in [0.25, 0.3) is 0 Å². The van der Waals surface area contributed by atoms with Crippen molar-refractivity contribution in [2.45, 2.75) is 56.9 Å². The van der Waals surface area contributed by atoms with Crippen molar-refractivity contribution in [3.63, 3.8) is 0 Å². The Morgan fingerprint density at radius 2 is 1.83 bits per heavy atom. The number of rotatable bonds is 4. The minimum absolute atomic E-state index is 0.290. The Labute approximate surface area is 110 Å². The first-order valence-electron chi connectivity index (χ1n) is 7.44. The van der Waals surface area contributed by atoms with E-state index in [2.05, 4.69) is 4.90 Å². The molecule has 1 heterocycles. The molecule has 1 saturated carbocycles. The summed E-state index contributed by atoms with van der Waals surface area (Å²) in [4.78, 5) is 14.1. The van der Waals surface area contributed by atoms with Crippen LogP contribution < -0.4 is 11.5 Å². The van der Waals surface area contributed by atoms with Gasteiger partial charge >= 0.3 is 0 Å². The summed E-state index contributed by atoms with van der Waals surface area (Å²) in [6.45, 7) is 3.50. The maximum absolute atomic E-state index is 11.5. The van der Waals surface area contributed by atoms with Gasteiger partial charge in [0.05, 0.1) is 5.54 Å². The fourth-order valence-electron chi connectivity index (χ4n) is 3.53. The topological polar surface area (TPSA) is 72.3 Å². The van der Waals surface area contributed by atoms with Crippen LogP contribution in [0.1, 0.15) is 51.4 Å². The van der Waals surface area contributed by atoms with Crippen molar-refractivity contribution in [1.29, 1.82) is 0 Å². The maximum Gasteiger partial charge on any atom is 0.237 e. The van der Waals surface area contributed by atoms with Gasteiger partial charge in [0.25, 0.3) is 0 Å². The Morgan fingerprint density at radius 3 is 2.44 bits per heavy atom. The normalized spacial score (nSPS) is 34.4. The quantitative estimate of drug-likeness (QED) is 0.791. The van der Waals surface area contributed by atoms with Gasteiger partial charge in [0.15, 0.2) is 0 Å². The van der Waals surface area contributed by atoms with Crippen LogP contribution in [-0.4, -0.2) is 36.0 Å². The first-order chi connectivity index (χ1) is 8.63. The molecule has 0 aromatic heterocycles. The number of carbonyl (C=O) groups excluding carboxylic acids is 1. The van der Waals surface area contributed by atoms with Crippen molar-refractivity contribution in [3.05, 3.63) is 0 Å². The molecule has 2 atom stereocenters. The summed E-state index contributed by atoms with van der Waals surface area (Å²) in [6.07, 6.45) is 9.26. The molecule has 0 radical (unpaired) electrons. The molecule has 2 fully saturated rings. The molecule has 0 aromatic carbocycles. The third-order valence-electron chi connectivity index (χ3n) is 4.82. The molecule has 2 unspecified atom stereocenters. The summed E-state index contributed by atoms with van der Waals surface area (Å²) in [5.41, 5.74) is 10.9. The third kappa shape index (κ3) is 3.04. The van der Waals surface area contributed by atoms with Gasteiger partial charge in [0, 0.05) is 0 Å². The number of carbonyl (C=O) groups is 1. The zero-order chi connectivity index (χ0) is 13.0. The van der Waals surface area contributed by atoms with Crippen LogP contribution in [0.2, 0.25) is 0 Å². The van der Waals surface area contributed by atoms with Gasteiger partial charge in [-0.1, -0.05) is 19.3 Å². The number of primary amides is 1. The fourth-order valence-corrected chi connectivity index (χ4v) is 3.53. The molecule has 0 spiro atoms. The Kier molecular flexibility index (Phi) is 4.62. The van der Waals surface area contributed by atoms with Crippen LogP contribution in [0.3, 0.4) is 0 Å². The van der Waals surface area contributed by atoms with Gasteiger partial charge in [-0.25, -0.2) is 0 Å². The summed E-state index contributed by atoms with van der Waals surface area (Å²) >= 11 is 0. The van der Waals surface area contributed by atoms with Gasteiger partial charge in [0.1, 0.15) is 0 Å². The third-order valence-corrected chi connectivity index (χ3v) is 4.82. The zero-order valence-corrected chi connectivity index (χ0v) is 11.4. The average molecular weight is 253 g/mol. The summed E-state index contributed by atoms with van der Waals surface area (Å²) < 4.78 is 0. The van der Waals surface area contributed by atoms with Crippen LogP contribution in [0.4, 0.5) is 0 Å². The van der Waals surface area contributed by atoms with Crippen LogP contribution in [-0.2, 0) is 4.79 Å². The van der Waals surface area contributed by atoms with Crippen molar-refractivity contribution < 1.29 is 4.79 Å². The summed E-state index contributed by atoms with van der Waals surface area (Å²) in [5, 5.41) is 0. The van der Waals surface area contributed by atoms with Gasteiger partial charge in [-0.15, -0.1) is 0 Å². The van der Waals surface area contributed by atoms with E-state index in [9.17, 15) is 4.79 Å². The summed E-state index contributed by atoms with van der Waals surface area (Å²) in [6, 6.07) is 0.